The van der Waals surface area contributed by atoms with Crippen LogP contribution in [0.4, 0.5) is 0 Å². The van der Waals surface area contributed by atoms with Crippen LogP contribution < -0.4 is 10.4 Å². The lowest BCUT2D eigenvalue weighted by molar-refractivity contribution is 1.06. The number of allylic oxidation sites excluding steroid dienone is 4. The maximum absolute atomic E-state index is 2.46. The lowest BCUT2D eigenvalue weighted by Gasteiger charge is -2.39. The Bertz CT molecular complexity index is 884. The van der Waals surface area contributed by atoms with Gasteiger partial charge in [0.05, 0.1) is 0 Å². The monoisotopic (exact) mass is 366 g/mol. The minimum absolute atomic E-state index is 0.515. The second-order valence-electron chi connectivity index (χ2n) is 7.43. The Hall–Kier alpha value is -2.64. The SMILES string of the molecule is CC(C1=CCC=C1)[Si](Cc1ccccc1)(c1ccccc1)c1ccccc1. The van der Waals surface area contributed by atoms with E-state index < -0.39 is 8.07 Å². The van der Waals surface area contributed by atoms with Gasteiger partial charge in [0.1, 0.15) is 8.07 Å². The first-order chi connectivity index (χ1) is 13.3. The van der Waals surface area contributed by atoms with Gasteiger partial charge in [0.15, 0.2) is 0 Å². The van der Waals surface area contributed by atoms with E-state index in [4.69, 9.17) is 0 Å². The fourth-order valence-corrected chi connectivity index (χ4v) is 9.78. The third-order valence-electron chi connectivity index (χ3n) is 5.94. The predicted molar refractivity (Wildman–Crippen MR) is 119 cm³/mol. The minimum Gasteiger partial charge on any atom is -0.0805 e. The highest BCUT2D eigenvalue weighted by Gasteiger charge is 2.43. The van der Waals surface area contributed by atoms with Gasteiger partial charge < -0.3 is 0 Å². The average molecular weight is 367 g/mol. The molecule has 4 rings (SSSR count). The number of hydrogen-bond donors (Lipinski definition) is 0. The molecule has 0 fully saturated rings. The summed E-state index contributed by atoms with van der Waals surface area (Å²) in [5, 5.41) is 3.04. The van der Waals surface area contributed by atoms with Crippen molar-refractivity contribution in [2.45, 2.75) is 24.9 Å². The standard InChI is InChI=1S/C26H26Si/c1-22(24-15-11-12-16-24)27(25-17-7-3-8-18-25,26-19-9-4-10-20-26)21-23-13-5-2-6-14-23/h2-11,13-20,22H,12,21H2,1H3. The van der Waals surface area contributed by atoms with Gasteiger partial charge in [0.25, 0.3) is 0 Å². The molecule has 0 heterocycles. The summed E-state index contributed by atoms with van der Waals surface area (Å²) >= 11 is 0. The van der Waals surface area contributed by atoms with Crippen molar-refractivity contribution < 1.29 is 0 Å². The molecular formula is C26H26Si. The third-order valence-corrected chi connectivity index (χ3v) is 11.4. The Labute approximate surface area is 163 Å². The van der Waals surface area contributed by atoms with E-state index in [-0.39, 0.29) is 0 Å². The second-order valence-corrected chi connectivity index (χ2v) is 11.7. The maximum Gasteiger partial charge on any atom is 0.129 e. The Morgan fingerprint density at radius 2 is 1.26 bits per heavy atom. The number of rotatable bonds is 6. The Morgan fingerprint density at radius 1 is 0.741 bits per heavy atom. The van der Waals surface area contributed by atoms with Crippen LogP contribution in [0.3, 0.4) is 0 Å². The van der Waals surface area contributed by atoms with Gasteiger partial charge in [-0.3, -0.25) is 0 Å². The van der Waals surface area contributed by atoms with Crippen LogP contribution in [0.15, 0.2) is 115 Å². The van der Waals surface area contributed by atoms with Crippen molar-refractivity contribution in [3.05, 3.63) is 120 Å². The van der Waals surface area contributed by atoms with Gasteiger partial charge >= 0.3 is 0 Å². The van der Waals surface area contributed by atoms with E-state index in [9.17, 15) is 0 Å². The summed E-state index contributed by atoms with van der Waals surface area (Å²) in [7, 11) is -2.08. The van der Waals surface area contributed by atoms with Gasteiger partial charge in [-0.15, -0.1) is 0 Å². The molecule has 27 heavy (non-hydrogen) atoms. The molecule has 1 aliphatic rings. The van der Waals surface area contributed by atoms with Crippen LogP contribution in [0, 0.1) is 0 Å². The predicted octanol–water partition coefficient (Wildman–Crippen LogP) is 5.31. The van der Waals surface area contributed by atoms with E-state index >= 15 is 0 Å². The average Bonchev–Trinajstić information content (AvgIpc) is 3.28. The van der Waals surface area contributed by atoms with Gasteiger partial charge in [0, 0.05) is 0 Å². The highest BCUT2D eigenvalue weighted by Crippen LogP contribution is 2.35. The normalized spacial score (nSPS) is 14.8. The van der Waals surface area contributed by atoms with Crippen molar-refractivity contribution >= 4 is 18.4 Å². The van der Waals surface area contributed by atoms with Gasteiger partial charge in [-0.1, -0.05) is 138 Å². The molecule has 1 heteroatoms. The largest absolute Gasteiger partial charge is 0.129 e. The highest BCUT2D eigenvalue weighted by molar-refractivity contribution is 7.03. The van der Waals surface area contributed by atoms with Crippen LogP contribution in [0.1, 0.15) is 18.9 Å². The van der Waals surface area contributed by atoms with Crippen molar-refractivity contribution in [1.29, 1.82) is 0 Å². The van der Waals surface area contributed by atoms with Gasteiger partial charge in [0.2, 0.25) is 0 Å². The molecule has 0 saturated carbocycles. The smallest absolute Gasteiger partial charge is 0.0805 e. The Balaban J connectivity index is 1.94. The zero-order valence-corrected chi connectivity index (χ0v) is 16.9. The molecule has 0 nitrogen and oxygen atoms in total. The fourth-order valence-electron chi connectivity index (χ4n) is 4.49. The van der Waals surface area contributed by atoms with E-state index in [2.05, 4.69) is 116 Å². The lowest BCUT2D eigenvalue weighted by atomic mass is 10.2. The summed E-state index contributed by atoms with van der Waals surface area (Å²) in [6.45, 7) is 2.46. The molecule has 1 unspecified atom stereocenters. The highest BCUT2D eigenvalue weighted by atomic mass is 28.3. The summed E-state index contributed by atoms with van der Waals surface area (Å²) in [6.07, 6.45) is 8.13. The molecule has 0 spiro atoms. The van der Waals surface area contributed by atoms with Crippen LogP contribution in [0.2, 0.25) is 5.54 Å². The molecular weight excluding hydrogens is 340 g/mol. The van der Waals surface area contributed by atoms with E-state index in [1.54, 1.807) is 0 Å². The van der Waals surface area contributed by atoms with Crippen LogP contribution in [0.25, 0.3) is 0 Å². The van der Waals surface area contributed by atoms with Crippen LogP contribution in [-0.2, 0) is 6.04 Å². The summed E-state index contributed by atoms with van der Waals surface area (Å²) < 4.78 is 0. The first-order valence-corrected chi connectivity index (χ1v) is 12.1. The Morgan fingerprint density at radius 3 is 1.74 bits per heavy atom. The van der Waals surface area contributed by atoms with Crippen molar-refractivity contribution in [3.63, 3.8) is 0 Å². The quantitative estimate of drug-likeness (QED) is 0.519. The summed E-state index contributed by atoms with van der Waals surface area (Å²) in [4.78, 5) is 0. The molecule has 0 saturated heterocycles. The van der Waals surface area contributed by atoms with Crippen LogP contribution in [-0.4, -0.2) is 8.07 Å². The molecule has 134 valence electrons. The van der Waals surface area contributed by atoms with Crippen molar-refractivity contribution in [2.75, 3.05) is 0 Å². The molecule has 0 aromatic heterocycles. The van der Waals surface area contributed by atoms with E-state index in [1.807, 2.05) is 0 Å². The topological polar surface area (TPSA) is 0 Å². The summed E-state index contributed by atoms with van der Waals surface area (Å²) in [5.41, 5.74) is 3.46. The summed E-state index contributed by atoms with van der Waals surface area (Å²) in [6, 6.07) is 34.7. The third kappa shape index (κ3) is 3.48. The molecule has 0 N–H and O–H groups in total. The zero-order chi connectivity index (χ0) is 18.5. The summed E-state index contributed by atoms with van der Waals surface area (Å²) in [5.74, 6) is 0. The van der Waals surface area contributed by atoms with Crippen molar-refractivity contribution in [1.82, 2.24) is 0 Å². The van der Waals surface area contributed by atoms with E-state index in [1.165, 1.54) is 21.5 Å². The van der Waals surface area contributed by atoms with Gasteiger partial charge in [-0.25, -0.2) is 0 Å². The molecule has 0 amide bonds. The fraction of sp³-hybridized carbons (Fsp3) is 0.154. The molecule has 0 radical (unpaired) electrons. The molecule has 1 aliphatic carbocycles. The Kier molecular flexibility index (Phi) is 5.22. The van der Waals surface area contributed by atoms with Crippen LogP contribution in [0.5, 0.6) is 0 Å². The lowest BCUT2D eigenvalue weighted by Crippen LogP contribution is -2.63. The van der Waals surface area contributed by atoms with Crippen molar-refractivity contribution in [2.24, 2.45) is 0 Å². The molecule has 0 bridgehead atoms. The number of benzene rings is 3. The first kappa shape index (κ1) is 17.8. The second kappa shape index (κ2) is 7.94. The molecule has 0 aliphatic heterocycles. The molecule has 3 aromatic rings. The first-order valence-electron chi connectivity index (χ1n) is 9.82. The van der Waals surface area contributed by atoms with Gasteiger partial charge in [-0.2, -0.15) is 0 Å². The zero-order valence-electron chi connectivity index (χ0n) is 15.9. The van der Waals surface area contributed by atoms with E-state index in [0.29, 0.717) is 5.54 Å². The molecule has 3 aromatic carbocycles. The minimum atomic E-state index is -2.08. The maximum atomic E-state index is 2.46. The van der Waals surface area contributed by atoms with Crippen molar-refractivity contribution in [3.8, 4) is 0 Å². The number of hydrogen-bond acceptors (Lipinski definition) is 0. The van der Waals surface area contributed by atoms with Gasteiger partial charge in [-0.05, 0) is 18.0 Å². The van der Waals surface area contributed by atoms with Crippen LogP contribution >= 0.6 is 0 Å². The van der Waals surface area contributed by atoms with E-state index in [0.717, 1.165) is 12.5 Å². The molecule has 1 atom stereocenters.